The Balaban J connectivity index is 2.90. The van der Waals surface area contributed by atoms with Gasteiger partial charge in [0.15, 0.2) is 0 Å². The van der Waals surface area contributed by atoms with Gasteiger partial charge in [-0.25, -0.2) is 0 Å². The van der Waals surface area contributed by atoms with Gasteiger partial charge < -0.3 is 5.73 Å². The van der Waals surface area contributed by atoms with E-state index in [-0.39, 0.29) is 5.12 Å². The molecule has 54 valence electrons. The summed E-state index contributed by atoms with van der Waals surface area (Å²) in [6, 6.07) is 0. The molecule has 0 radical (unpaired) electrons. The van der Waals surface area contributed by atoms with E-state index in [2.05, 4.69) is 12.6 Å². The molecular formula is C7H9NOS. The molecule has 0 heterocycles. The van der Waals surface area contributed by atoms with Gasteiger partial charge in [-0.15, -0.1) is 12.6 Å². The summed E-state index contributed by atoms with van der Waals surface area (Å²) in [4.78, 5) is 10.7. The van der Waals surface area contributed by atoms with Crippen LogP contribution in [0.5, 0.6) is 0 Å². The quantitative estimate of drug-likeness (QED) is 0.555. The van der Waals surface area contributed by atoms with Crippen molar-refractivity contribution in [2.24, 2.45) is 5.73 Å². The molecule has 0 aromatic heterocycles. The third kappa shape index (κ3) is 1.42. The van der Waals surface area contributed by atoms with E-state index < -0.39 is 0 Å². The number of carbonyl (C=O) groups excluding carboxylic acids is 1. The molecule has 0 spiro atoms. The van der Waals surface area contributed by atoms with Crippen LogP contribution in [0.4, 0.5) is 0 Å². The molecule has 0 aliphatic heterocycles. The zero-order valence-corrected chi connectivity index (χ0v) is 6.40. The second kappa shape index (κ2) is 2.92. The highest BCUT2D eigenvalue weighted by molar-refractivity contribution is 7.97. The molecule has 0 atom stereocenters. The van der Waals surface area contributed by atoms with E-state index in [0.29, 0.717) is 11.3 Å². The Morgan fingerprint density at radius 3 is 2.80 bits per heavy atom. The van der Waals surface area contributed by atoms with E-state index in [4.69, 9.17) is 5.73 Å². The normalized spacial score (nSPS) is 17.7. The standard InChI is InChI=1S/C7H9NOS/c8-6-4-2-1-3-5(6)7(9)10/h1,3H,2,4,8H2,(H,9,10). The fraction of sp³-hybridized carbons (Fsp3) is 0.286. The van der Waals surface area contributed by atoms with Crippen molar-refractivity contribution in [1.29, 1.82) is 0 Å². The van der Waals surface area contributed by atoms with Crippen LogP contribution in [-0.2, 0) is 4.79 Å². The zero-order valence-electron chi connectivity index (χ0n) is 5.50. The van der Waals surface area contributed by atoms with Crippen molar-refractivity contribution in [1.82, 2.24) is 0 Å². The Morgan fingerprint density at radius 2 is 2.40 bits per heavy atom. The molecule has 1 rings (SSSR count). The van der Waals surface area contributed by atoms with Crippen molar-refractivity contribution >= 4 is 17.7 Å². The maximum absolute atomic E-state index is 10.7. The molecular weight excluding hydrogens is 146 g/mol. The summed E-state index contributed by atoms with van der Waals surface area (Å²) in [7, 11) is 0. The summed E-state index contributed by atoms with van der Waals surface area (Å²) in [5.41, 5.74) is 6.74. The summed E-state index contributed by atoms with van der Waals surface area (Å²) < 4.78 is 0. The van der Waals surface area contributed by atoms with E-state index >= 15 is 0 Å². The summed E-state index contributed by atoms with van der Waals surface area (Å²) in [5.74, 6) is 0. The predicted octanol–water partition coefficient (Wildman–Crippen LogP) is 1.01. The van der Waals surface area contributed by atoms with Crippen LogP contribution >= 0.6 is 12.6 Å². The lowest BCUT2D eigenvalue weighted by Crippen LogP contribution is -2.08. The molecule has 3 heteroatoms. The lowest BCUT2D eigenvalue weighted by molar-refractivity contribution is -0.107. The highest BCUT2D eigenvalue weighted by atomic mass is 32.1. The molecule has 10 heavy (non-hydrogen) atoms. The average molecular weight is 155 g/mol. The van der Waals surface area contributed by atoms with Gasteiger partial charge in [-0.2, -0.15) is 0 Å². The van der Waals surface area contributed by atoms with E-state index in [9.17, 15) is 4.79 Å². The second-order valence-corrected chi connectivity index (χ2v) is 2.59. The molecule has 0 aromatic carbocycles. The molecule has 0 fully saturated rings. The summed E-state index contributed by atoms with van der Waals surface area (Å²) in [6.07, 6.45) is 5.36. The molecule has 0 unspecified atom stereocenters. The Labute approximate surface area is 65.2 Å². The summed E-state index contributed by atoms with van der Waals surface area (Å²) in [5, 5.41) is -0.242. The number of carbonyl (C=O) groups is 1. The van der Waals surface area contributed by atoms with Gasteiger partial charge in [0.2, 0.25) is 5.12 Å². The molecule has 2 nitrogen and oxygen atoms in total. The fourth-order valence-corrected chi connectivity index (χ4v) is 1.11. The zero-order chi connectivity index (χ0) is 7.56. The van der Waals surface area contributed by atoms with Crippen LogP contribution in [0.15, 0.2) is 23.4 Å². The van der Waals surface area contributed by atoms with Crippen LogP contribution in [-0.4, -0.2) is 5.12 Å². The SMILES string of the molecule is NC1=C(C(=O)S)C=CCC1. The first-order chi connectivity index (χ1) is 4.72. The van der Waals surface area contributed by atoms with Gasteiger partial charge >= 0.3 is 0 Å². The number of allylic oxidation sites excluding steroid dienone is 3. The van der Waals surface area contributed by atoms with Crippen molar-refractivity contribution in [2.75, 3.05) is 0 Å². The molecule has 1 aliphatic carbocycles. The Morgan fingerprint density at radius 1 is 1.70 bits per heavy atom. The van der Waals surface area contributed by atoms with Crippen molar-refractivity contribution in [3.8, 4) is 0 Å². The van der Waals surface area contributed by atoms with E-state index in [0.717, 1.165) is 12.8 Å². The van der Waals surface area contributed by atoms with Gasteiger partial charge in [0.05, 0.1) is 0 Å². The van der Waals surface area contributed by atoms with Crippen LogP contribution in [0, 0.1) is 0 Å². The first kappa shape index (κ1) is 7.41. The molecule has 2 N–H and O–H groups in total. The third-order valence-corrected chi connectivity index (χ3v) is 1.68. The lowest BCUT2D eigenvalue weighted by Gasteiger charge is -2.07. The molecule has 0 bridgehead atoms. The van der Waals surface area contributed by atoms with Gasteiger partial charge in [0, 0.05) is 11.3 Å². The van der Waals surface area contributed by atoms with Crippen molar-refractivity contribution in [3.63, 3.8) is 0 Å². The Bertz CT molecular complexity index is 218. The largest absolute Gasteiger partial charge is 0.401 e. The number of thiol groups is 1. The van der Waals surface area contributed by atoms with Gasteiger partial charge in [-0.1, -0.05) is 12.2 Å². The topological polar surface area (TPSA) is 43.1 Å². The molecule has 0 saturated heterocycles. The fourth-order valence-electron chi connectivity index (χ4n) is 0.890. The maximum atomic E-state index is 10.7. The second-order valence-electron chi connectivity index (χ2n) is 2.19. The first-order valence-electron chi connectivity index (χ1n) is 3.10. The van der Waals surface area contributed by atoms with Crippen LogP contribution in [0.2, 0.25) is 0 Å². The van der Waals surface area contributed by atoms with Crippen LogP contribution in [0.25, 0.3) is 0 Å². The minimum absolute atomic E-state index is 0.242. The molecule has 0 aromatic rings. The molecule has 0 saturated carbocycles. The minimum atomic E-state index is -0.242. The van der Waals surface area contributed by atoms with Crippen LogP contribution in [0.3, 0.4) is 0 Å². The monoisotopic (exact) mass is 155 g/mol. The smallest absolute Gasteiger partial charge is 0.218 e. The highest BCUT2D eigenvalue weighted by Gasteiger charge is 2.08. The van der Waals surface area contributed by atoms with Gasteiger partial charge in [0.25, 0.3) is 0 Å². The van der Waals surface area contributed by atoms with Crippen LogP contribution in [0.1, 0.15) is 12.8 Å². The third-order valence-electron chi connectivity index (χ3n) is 1.44. The molecule has 1 aliphatic rings. The number of nitrogens with two attached hydrogens (primary N) is 1. The Hall–Kier alpha value is -0.700. The van der Waals surface area contributed by atoms with Gasteiger partial charge in [-0.05, 0) is 12.8 Å². The minimum Gasteiger partial charge on any atom is -0.401 e. The van der Waals surface area contributed by atoms with Crippen molar-refractivity contribution in [2.45, 2.75) is 12.8 Å². The van der Waals surface area contributed by atoms with Crippen LogP contribution < -0.4 is 5.73 Å². The van der Waals surface area contributed by atoms with Gasteiger partial charge in [-0.3, -0.25) is 4.79 Å². The number of hydrogen-bond donors (Lipinski definition) is 2. The highest BCUT2D eigenvalue weighted by Crippen LogP contribution is 2.15. The van der Waals surface area contributed by atoms with E-state index in [1.54, 1.807) is 6.08 Å². The first-order valence-corrected chi connectivity index (χ1v) is 3.55. The average Bonchev–Trinajstić information content (AvgIpc) is 1.88. The number of rotatable bonds is 1. The number of hydrogen-bond acceptors (Lipinski definition) is 2. The molecule has 0 amide bonds. The Kier molecular flexibility index (Phi) is 2.17. The van der Waals surface area contributed by atoms with Gasteiger partial charge in [0.1, 0.15) is 0 Å². The van der Waals surface area contributed by atoms with Crippen molar-refractivity contribution < 1.29 is 4.79 Å². The predicted molar refractivity (Wildman–Crippen MR) is 43.6 cm³/mol. The van der Waals surface area contributed by atoms with E-state index in [1.165, 1.54) is 0 Å². The van der Waals surface area contributed by atoms with Crippen molar-refractivity contribution in [3.05, 3.63) is 23.4 Å². The maximum Gasteiger partial charge on any atom is 0.218 e. The van der Waals surface area contributed by atoms with E-state index in [1.807, 2.05) is 6.08 Å². The summed E-state index contributed by atoms with van der Waals surface area (Å²) in [6.45, 7) is 0. The lowest BCUT2D eigenvalue weighted by atomic mass is 10.1. The summed E-state index contributed by atoms with van der Waals surface area (Å²) >= 11 is 3.67.